The van der Waals surface area contributed by atoms with E-state index < -0.39 is 0 Å². The molecule has 3 aromatic rings. The Morgan fingerprint density at radius 2 is 2.12 bits per heavy atom. The molecule has 0 amide bonds. The molecular formula is C13H11N3O. The first-order valence-electron chi connectivity index (χ1n) is 5.37. The predicted molar refractivity (Wildman–Crippen MR) is 65.6 cm³/mol. The van der Waals surface area contributed by atoms with E-state index in [1.54, 1.807) is 12.4 Å². The highest BCUT2D eigenvalue weighted by Crippen LogP contribution is 2.22. The third-order valence-electron chi connectivity index (χ3n) is 2.62. The van der Waals surface area contributed by atoms with Crippen molar-refractivity contribution >= 4 is 16.5 Å². The van der Waals surface area contributed by atoms with Crippen molar-refractivity contribution in [2.45, 2.75) is 6.54 Å². The van der Waals surface area contributed by atoms with Gasteiger partial charge in [-0.2, -0.15) is 0 Å². The van der Waals surface area contributed by atoms with Crippen LogP contribution in [0.1, 0.15) is 5.76 Å². The molecule has 1 aromatic carbocycles. The fraction of sp³-hybridized carbons (Fsp3) is 0.0769. The molecule has 0 bridgehead atoms. The second-order valence-electron chi connectivity index (χ2n) is 3.72. The summed E-state index contributed by atoms with van der Waals surface area (Å²) in [7, 11) is 0. The number of benzene rings is 1. The highest BCUT2D eigenvalue weighted by atomic mass is 16.3. The zero-order chi connectivity index (χ0) is 11.5. The van der Waals surface area contributed by atoms with Gasteiger partial charge in [0.2, 0.25) is 0 Å². The molecule has 2 heterocycles. The van der Waals surface area contributed by atoms with Crippen LogP contribution in [0.15, 0.2) is 53.7 Å². The summed E-state index contributed by atoms with van der Waals surface area (Å²) in [6.45, 7) is 0.626. The molecular weight excluding hydrogens is 214 g/mol. The predicted octanol–water partition coefficient (Wildman–Crippen LogP) is 2.83. The Hall–Kier alpha value is -2.36. The van der Waals surface area contributed by atoms with Crippen LogP contribution in [-0.4, -0.2) is 9.97 Å². The van der Waals surface area contributed by atoms with Crippen LogP contribution in [0.25, 0.3) is 10.8 Å². The van der Waals surface area contributed by atoms with Crippen molar-refractivity contribution < 1.29 is 4.42 Å². The lowest BCUT2D eigenvalue weighted by molar-refractivity contribution is 0.512. The maximum absolute atomic E-state index is 5.18. The van der Waals surface area contributed by atoms with Gasteiger partial charge >= 0.3 is 0 Å². The third-order valence-corrected chi connectivity index (χ3v) is 2.62. The van der Waals surface area contributed by atoms with E-state index in [9.17, 15) is 0 Å². The fourth-order valence-corrected chi connectivity index (χ4v) is 1.79. The van der Waals surface area contributed by atoms with Crippen molar-refractivity contribution in [2.75, 3.05) is 5.32 Å². The minimum Gasteiger partial charge on any atom is -0.447 e. The summed E-state index contributed by atoms with van der Waals surface area (Å²) >= 11 is 0. The molecule has 0 unspecified atom stereocenters. The monoisotopic (exact) mass is 225 g/mol. The summed E-state index contributed by atoms with van der Waals surface area (Å²) < 4.78 is 5.18. The number of nitrogens with zero attached hydrogens (tertiary/aromatic N) is 2. The van der Waals surface area contributed by atoms with Gasteiger partial charge in [-0.15, -0.1) is 0 Å². The molecule has 4 nitrogen and oxygen atoms in total. The lowest BCUT2D eigenvalue weighted by Gasteiger charge is -2.07. The largest absolute Gasteiger partial charge is 0.447 e. The van der Waals surface area contributed by atoms with Crippen LogP contribution < -0.4 is 5.32 Å². The Kier molecular flexibility index (Phi) is 2.46. The molecule has 4 heteroatoms. The van der Waals surface area contributed by atoms with E-state index in [2.05, 4.69) is 15.3 Å². The highest BCUT2D eigenvalue weighted by molar-refractivity contribution is 5.93. The molecule has 0 fully saturated rings. The quantitative estimate of drug-likeness (QED) is 0.744. The molecule has 84 valence electrons. The summed E-state index contributed by atoms with van der Waals surface area (Å²) in [5.74, 6) is 0.816. The zero-order valence-corrected chi connectivity index (χ0v) is 9.13. The number of oxazole rings is 1. The second kappa shape index (κ2) is 4.25. The summed E-state index contributed by atoms with van der Waals surface area (Å²) in [5.41, 5.74) is 1.07. The highest BCUT2D eigenvalue weighted by Gasteiger charge is 2.01. The fourth-order valence-electron chi connectivity index (χ4n) is 1.79. The summed E-state index contributed by atoms with van der Waals surface area (Å²) in [6.07, 6.45) is 6.79. The van der Waals surface area contributed by atoms with Gasteiger partial charge in [0.1, 0.15) is 5.76 Å². The van der Waals surface area contributed by atoms with Gasteiger partial charge in [0.05, 0.1) is 12.7 Å². The van der Waals surface area contributed by atoms with E-state index in [-0.39, 0.29) is 0 Å². The molecule has 2 aromatic heterocycles. The Morgan fingerprint density at radius 3 is 3.00 bits per heavy atom. The Balaban J connectivity index is 1.90. The summed E-state index contributed by atoms with van der Waals surface area (Å²) in [4.78, 5) is 7.99. The Morgan fingerprint density at radius 1 is 1.12 bits per heavy atom. The number of aromatic nitrogens is 2. The molecule has 0 spiro atoms. The van der Waals surface area contributed by atoms with Gasteiger partial charge in [-0.1, -0.05) is 12.1 Å². The number of nitrogens with one attached hydrogen (secondary N) is 1. The van der Waals surface area contributed by atoms with Crippen LogP contribution in [0, 0.1) is 0 Å². The number of rotatable bonds is 3. The SMILES string of the molecule is c1cc(NCc2cnco2)c2ccncc2c1. The molecule has 0 radical (unpaired) electrons. The number of hydrogen-bond acceptors (Lipinski definition) is 4. The third kappa shape index (κ3) is 1.97. The van der Waals surface area contributed by atoms with Crippen LogP contribution in [0.2, 0.25) is 0 Å². The summed E-state index contributed by atoms with van der Waals surface area (Å²) in [6, 6.07) is 8.09. The average Bonchev–Trinajstić information content (AvgIpc) is 2.89. The first-order chi connectivity index (χ1) is 8.43. The second-order valence-corrected chi connectivity index (χ2v) is 3.72. The Bertz CT molecular complexity index is 614. The number of anilines is 1. The van der Waals surface area contributed by atoms with Crippen molar-refractivity contribution in [1.82, 2.24) is 9.97 Å². The smallest absolute Gasteiger partial charge is 0.180 e. The van der Waals surface area contributed by atoms with E-state index in [4.69, 9.17) is 4.42 Å². The number of fused-ring (bicyclic) bond motifs is 1. The molecule has 0 aliphatic heterocycles. The van der Waals surface area contributed by atoms with Crippen LogP contribution in [0.4, 0.5) is 5.69 Å². The molecule has 0 aliphatic rings. The normalized spacial score (nSPS) is 10.6. The van der Waals surface area contributed by atoms with Crippen LogP contribution in [0.5, 0.6) is 0 Å². The van der Waals surface area contributed by atoms with Gasteiger partial charge in [-0.05, 0) is 12.1 Å². The van der Waals surface area contributed by atoms with Gasteiger partial charge in [-0.3, -0.25) is 4.98 Å². The van der Waals surface area contributed by atoms with Gasteiger partial charge in [0, 0.05) is 28.9 Å². The zero-order valence-electron chi connectivity index (χ0n) is 9.13. The average molecular weight is 225 g/mol. The molecule has 3 rings (SSSR count). The lowest BCUT2D eigenvalue weighted by atomic mass is 10.1. The van der Waals surface area contributed by atoms with Gasteiger partial charge in [0.25, 0.3) is 0 Å². The van der Waals surface area contributed by atoms with Crippen LogP contribution in [-0.2, 0) is 6.54 Å². The standard InChI is InChI=1S/C13H11N3O/c1-2-10-6-14-5-4-12(10)13(3-1)16-8-11-7-15-9-17-11/h1-7,9,16H,8H2. The van der Waals surface area contributed by atoms with Crippen molar-refractivity contribution in [3.05, 3.63) is 55.0 Å². The maximum atomic E-state index is 5.18. The molecule has 17 heavy (non-hydrogen) atoms. The van der Waals surface area contributed by atoms with Crippen molar-refractivity contribution in [3.8, 4) is 0 Å². The van der Waals surface area contributed by atoms with Gasteiger partial charge in [-0.25, -0.2) is 4.98 Å². The minimum absolute atomic E-state index is 0.626. The molecule has 0 aliphatic carbocycles. The van der Waals surface area contributed by atoms with Crippen LogP contribution >= 0.6 is 0 Å². The van der Waals surface area contributed by atoms with E-state index in [1.807, 2.05) is 30.5 Å². The van der Waals surface area contributed by atoms with Crippen molar-refractivity contribution in [2.24, 2.45) is 0 Å². The maximum Gasteiger partial charge on any atom is 0.180 e. The Labute approximate surface area is 98.3 Å². The minimum atomic E-state index is 0.626. The van der Waals surface area contributed by atoms with E-state index in [0.29, 0.717) is 6.54 Å². The first-order valence-corrected chi connectivity index (χ1v) is 5.37. The van der Waals surface area contributed by atoms with Crippen molar-refractivity contribution in [3.63, 3.8) is 0 Å². The number of pyridine rings is 1. The summed E-state index contributed by atoms with van der Waals surface area (Å²) in [5, 5.41) is 5.60. The first kappa shape index (κ1) is 9.84. The molecule has 0 atom stereocenters. The van der Waals surface area contributed by atoms with E-state index >= 15 is 0 Å². The molecule has 1 N–H and O–H groups in total. The topological polar surface area (TPSA) is 51.0 Å². The van der Waals surface area contributed by atoms with Crippen LogP contribution in [0.3, 0.4) is 0 Å². The van der Waals surface area contributed by atoms with Gasteiger partial charge < -0.3 is 9.73 Å². The van der Waals surface area contributed by atoms with E-state index in [1.165, 1.54) is 6.39 Å². The lowest BCUT2D eigenvalue weighted by Crippen LogP contribution is -1.98. The molecule has 0 saturated carbocycles. The van der Waals surface area contributed by atoms with Gasteiger partial charge in [0.15, 0.2) is 6.39 Å². The van der Waals surface area contributed by atoms with E-state index in [0.717, 1.165) is 22.2 Å². The molecule has 0 saturated heterocycles. The number of hydrogen-bond donors (Lipinski definition) is 1. The van der Waals surface area contributed by atoms with Crippen molar-refractivity contribution in [1.29, 1.82) is 0 Å².